The number of halogens is 1. The average Bonchev–Trinajstić information content (AvgIpc) is 3.54. The molecule has 6 heterocycles. The Kier molecular flexibility index (Phi) is 34.1. The van der Waals surface area contributed by atoms with Gasteiger partial charge in [-0.25, -0.2) is 9.97 Å². The van der Waals surface area contributed by atoms with Gasteiger partial charge in [-0.05, 0) is 196 Å². The Morgan fingerprint density at radius 1 is 0.605 bits per heavy atom. The number of carbonyl (C=O) groups excluding carboxylic acids is 6. The molecule has 0 spiro atoms. The van der Waals surface area contributed by atoms with Crippen molar-refractivity contribution in [2.24, 2.45) is 22.7 Å². The summed E-state index contributed by atoms with van der Waals surface area (Å²) in [4.78, 5) is 85.3. The Balaban J connectivity index is 0.000000390. The van der Waals surface area contributed by atoms with Crippen LogP contribution in [0.15, 0.2) is 84.9 Å². The third kappa shape index (κ3) is 26.2. The third-order valence-electron chi connectivity index (χ3n) is 16.0. The first-order valence-electron chi connectivity index (χ1n) is 30.1. The molecule has 2 amide bonds. The van der Waals surface area contributed by atoms with Crippen LogP contribution in [0.25, 0.3) is 0 Å². The van der Waals surface area contributed by atoms with Crippen molar-refractivity contribution < 1.29 is 113 Å². The SMILES string of the molecule is CC(C)(C)C(=O)OCCl.CC(C)(C)C(=O)OCOC(=O)CCCC(CC1CCN(C(=O)CCc2ccc3c(n2)NCCC3)CC1)c1ccccc1.O=C([O-])CC(CC1CCN(C(=O)CCc2ccc3c(n2)NCCC3)CC1)c1ccccc1.[Na+].[Na+].[OH-]. The summed E-state index contributed by atoms with van der Waals surface area (Å²) >= 11 is 5.16. The molecule has 2 saturated heterocycles. The maximum absolute atomic E-state index is 13.0. The number of carboxylic acid groups (broad SMARTS) is 1. The number of hydrogen-bond acceptors (Lipinski definition) is 15. The summed E-state index contributed by atoms with van der Waals surface area (Å²) in [5.74, 6) is 1.63. The predicted molar refractivity (Wildman–Crippen MR) is 323 cm³/mol. The Morgan fingerprint density at radius 3 is 1.45 bits per heavy atom. The maximum Gasteiger partial charge on any atom is 1.00 e. The van der Waals surface area contributed by atoms with E-state index in [0.717, 1.165) is 138 Å². The predicted octanol–water partition coefficient (Wildman–Crippen LogP) is 4.57. The van der Waals surface area contributed by atoms with Crippen LogP contribution < -0.4 is 74.9 Å². The number of nitrogens with one attached hydrogen (secondary N) is 2. The molecule has 2 fully saturated rings. The zero-order valence-corrected chi connectivity index (χ0v) is 57.2. The summed E-state index contributed by atoms with van der Waals surface area (Å²) < 4.78 is 14.7. The van der Waals surface area contributed by atoms with Crippen molar-refractivity contribution in [2.75, 3.05) is 62.8 Å². The largest absolute Gasteiger partial charge is 1.00 e. The monoisotopic (exact) mass is 1220 g/mol. The van der Waals surface area contributed by atoms with Crippen LogP contribution in [0.5, 0.6) is 0 Å². The first-order valence-corrected chi connectivity index (χ1v) is 30.7. The van der Waals surface area contributed by atoms with Crippen molar-refractivity contribution in [3.8, 4) is 0 Å². The Bertz CT molecular complexity index is 2710. The van der Waals surface area contributed by atoms with Crippen LogP contribution >= 0.6 is 11.6 Å². The number of hydrogen-bond donors (Lipinski definition) is 2. The molecule has 2 unspecified atom stereocenters. The number of carbonyl (C=O) groups is 6. The zero-order chi connectivity index (χ0) is 59.8. The Hall–Kier alpha value is -4.59. The second kappa shape index (κ2) is 38.7. The number of likely N-dealkylation sites (tertiary alicyclic amines) is 2. The number of pyridine rings is 2. The Morgan fingerprint density at radius 2 is 1.03 bits per heavy atom. The zero-order valence-electron chi connectivity index (χ0n) is 52.5. The molecule has 86 heavy (non-hydrogen) atoms. The molecule has 0 aliphatic carbocycles. The molecular weight excluding hydrogens is 1130 g/mol. The molecule has 20 heteroatoms. The molecule has 0 saturated carbocycles. The molecule has 0 bridgehead atoms. The van der Waals surface area contributed by atoms with Crippen LogP contribution in [0.2, 0.25) is 0 Å². The van der Waals surface area contributed by atoms with Gasteiger partial charge in [0.15, 0.2) is 6.07 Å². The second-order valence-corrected chi connectivity index (χ2v) is 24.8. The van der Waals surface area contributed by atoms with Crippen LogP contribution in [0.4, 0.5) is 11.6 Å². The number of esters is 3. The number of fused-ring (bicyclic) bond motifs is 2. The fourth-order valence-electron chi connectivity index (χ4n) is 11.0. The number of ether oxygens (including phenoxy) is 3. The number of rotatable bonds is 21. The summed E-state index contributed by atoms with van der Waals surface area (Å²) in [5, 5.41) is 18.0. The molecule has 4 aliphatic rings. The summed E-state index contributed by atoms with van der Waals surface area (Å²) in [7, 11) is 0. The molecule has 0 radical (unpaired) electrons. The normalized spacial score (nSPS) is 15.5. The van der Waals surface area contributed by atoms with Crippen LogP contribution in [0.1, 0.15) is 177 Å². The van der Waals surface area contributed by atoms with Gasteiger partial charge in [0.25, 0.3) is 0 Å². The van der Waals surface area contributed by atoms with Crippen molar-refractivity contribution in [1.29, 1.82) is 0 Å². The fraction of sp³-hybridized carbons (Fsp3) is 0.576. The van der Waals surface area contributed by atoms with Crippen molar-refractivity contribution in [1.82, 2.24) is 19.8 Å². The van der Waals surface area contributed by atoms with Crippen LogP contribution in [0, 0.1) is 22.7 Å². The number of anilines is 2. The van der Waals surface area contributed by atoms with E-state index in [9.17, 15) is 33.9 Å². The van der Waals surface area contributed by atoms with E-state index in [0.29, 0.717) is 56.3 Å². The second-order valence-electron chi connectivity index (χ2n) is 24.6. The van der Waals surface area contributed by atoms with E-state index in [1.165, 1.54) is 16.7 Å². The van der Waals surface area contributed by atoms with Gasteiger partial charge in [0.05, 0.1) is 10.8 Å². The van der Waals surface area contributed by atoms with Crippen LogP contribution in [-0.4, -0.2) is 113 Å². The molecule has 17 nitrogen and oxygen atoms in total. The van der Waals surface area contributed by atoms with E-state index in [1.54, 1.807) is 41.5 Å². The number of aliphatic carboxylic acids is 1. The average molecular weight is 1230 g/mol. The van der Waals surface area contributed by atoms with Crippen LogP contribution in [0.3, 0.4) is 0 Å². The Labute approximate surface area is 559 Å². The van der Waals surface area contributed by atoms with Gasteiger partial charge in [0, 0.05) is 75.9 Å². The van der Waals surface area contributed by atoms with E-state index >= 15 is 0 Å². The number of benzene rings is 2. The summed E-state index contributed by atoms with van der Waals surface area (Å²) in [6, 6.07) is 28.7. The maximum atomic E-state index is 13.0. The standard InChI is InChI=1S/C34H47N3O5.C26H33N3O3.C6H11ClO2.2Na.H2O/c1-34(2,3)33(40)42-24-41-31(39)13-7-11-28(26-9-5-4-6-10-26)23-25-18-21-37(22-19-25)30(38)17-16-29-15-14-27-12-8-20-35-32(27)36-29;30-24(11-10-23-9-8-21-7-4-14-27-26(21)28-23)29-15-12-19(13-16-29)17-22(18-25(31)32)20-5-2-1-3-6-20;1-6(2,3)5(8)9-4-7;;;/h4-6,9-10,14-15,25,28H,7-8,11-13,16-24H2,1-3H3,(H,35,36);1-3,5-6,8-9,19,22H,4,7,10-18H2,(H,27,28)(H,31,32);4H2,1-3H3;;;1H2/q;;;2*+1;/p-2. The minimum absolute atomic E-state index is 0. The molecule has 2 aromatic carbocycles. The van der Waals surface area contributed by atoms with Gasteiger partial charge >= 0.3 is 77.0 Å². The first kappa shape index (κ1) is 75.7. The van der Waals surface area contributed by atoms with Crippen molar-refractivity contribution in [2.45, 2.75) is 169 Å². The number of aromatic nitrogens is 2. The van der Waals surface area contributed by atoms with Crippen LogP contribution in [-0.2, 0) is 68.7 Å². The van der Waals surface area contributed by atoms with Crippen molar-refractivity contribution >= 4 is 58.9 Å². The van der Waals surface area contributed by atoms with E-state index in [-0.39, 0.29) is 114 Å². The number of piperidine rings is 2. The van der Waals surface area contributed by atoms with E-state index in [4.69, 9.17) is 31.0 Å². The fourth-order valence-corrected chi connectivity index (χ4v) is 11.1. The van der Waals surface area contributed by atoms with Crippen molar-refractivity contribution in [3.05, 3.63) is 119 Å². The van der Waals surface area contributed by atoms with Crippen molar-refractivity contribution in [3.63, 3.8) is 0 Å². The van der Waals surface area contributed by atoms with E-state index < -0.39 is 22.8 Å². The number of carboxylic acids is 1. The topological polar surface area (TPSA) is 239 Å². The van der Waals surface area contributed by atoms with Gasteiger partial charge in [0.1, 0.15) is 11.6 Å². The third-order valence-corrected chi connectivity index (χ3v) is 16.1. The molecular formula is C66H91ClN6Na2O11. The minimum atomic E-state index is -1.00. The molecule has 4 aromatic rings. The van der Waals surface area contributed by atoms with Gasteiger partial charge in [-0.15, -0.1) is 0 Å². The number of nitrogens with zero attached hydrogens (tertiary/aromatic N) is 4. The molecule has 3 N–H and O–H groups in total. The molecule has 8 rings (SSSR count). The molecule has 4 aliphatic heterocycles. The van der Waals surface area contributed by atoms with Gasteiger partial charge < -0.3 is 50.0 Å². The molecule has 460 valence electrons. The number of aryl methyl sites for hydroxylation is 4. The summed E-state index contributed by atoms with van der Waals surface area (Å²) in [6.07, 6.45) is 14.3. The quantitative estimate of drug-likeness (QED) is 0.0503. The van der Waals surface area contributed by atoms with E-state index in [2.05, 4.69) is 57.8 Å². The van der Waals surface area contributed by atoms with Gasteiger partial charge in [-0.3, -0.25) is 24.0 Å². The summed E-state index contributed by atoms with van der Waals surface area (Å²) in [6.45, 7) is 15.3. The first-order chi connectivity index (χ1) is 39.7. The van der Waals surface area contributed by atoms with Gasteiger partial charge in [-0.1, -0.05) is 84.4 Å². The summed E-state index contributed by atoms with van der Waals surface area (Å²) in [5.41, 5.74) is 5.76. The number of amides is 2. The van der Waals surface area contributed by atoms with Gasteiger partial charge in [0.2, 0.25) is 18.6 Å². The number of alkyl halides is 1. The molecule has 2 aromatic heterocycles. The van der Waals surface area contributed by atoms with Gasteiger partial charge in [-0.2, -0.15) is 0 Å². The smallest absolute Gasteiger partial charge is 0.870 e. The minimum Gasteiger partial charge on any atom is -0.870 e. The molecule has 2 atom stereocenters. The van der Waals surface area contributed by atoms with E-state index in [1.807, 2.05) is 52.3 Å².